The molecule has 0 bridgehead atoms. The van der Waals surface area contributed by atoms with Crippen molar-refractivity contribution in [2.24, 2.45) is 0 Å². The maximum absolute atomic E-state index is 12.6. The first kappa shape index (κ1) is 27.8. The molecule has 0 saturated carbocycles. The molecule has 0 aliphatic carbocycles. The number of amides is 1. The van der Waals surface area contributed by atoms with E-state index in [2.05, 4.69) is 13.8 Å². The molecule has 1 atom stereocenters. The molecule has 0 aliphatic heterocycles. The molecule has 1 amide bonds. The Labute approximate surface area is 177 Å². The van der Waals surface area contributed by atoms with E-state index < -0.39 is 6.04 Å². The van der Waals surface area contributed by atoms with Gasteiger partial charge >= 0.3 is 5.97 Å². The Morgan fingerprint density at radius 3 is 2.10 bits per heavy atom. The van der Waals surface area contributed by atoms with Gasteiger partial charge in [0.2, 0.25) is 5.91 Å². The number of hydrogen-bond donors (Lipinski definition) is 2. The molecule has 0 radical (unpaired) electrons. The molecule has 172 valence electrons. The summed E-state index contributed by atoms with van der Waals surface area (Å²) >= 11 is 0. The summed E-state index contributed by atoms with van der Waals surface area (Å²) in [7, 11) is 3.90. The van der Waals surface area contributed by atoms with Crippen LogP contribution in [0.3, 0.4) is 0 Å². The summed E-state index contributed by atoms with van der Waals surface area (Å²) in [6.07, 6.45) is 7.98. The maximum atomic E-state index is 12.6. The van der Waals surface area contributed by atoms with Crippen molar-refractivity contribution in [1.29, 1.82) is 0 Å². The standard InChI is InChI=1S/C22H44N2O5/c1-5-7-8-9-12-20(11-6-2)29-22(28)14-13-21(27)24(19(17-25)18-26)16-10-15-23(3)4/h19-20,25-26H,5-18H2,1-4H3. The summed E-state index contributed by atoms with van der Waals surface area (Å²) in [6.45, 7) is 4.88. The van der Waals surface area contributed by atoms with Gasteiger partial charge in [-0.05, 0) is 46.3 Å². The highest BCUT2D eigenvalue weighted by molar-refractivity contribution is 5.81. The summed E-state index contributed by atoms with van der Waals surface area (Å²) in [5, 5.41) is 18.9. The van der Waals surface area contributed by atoms with Crippen molar-refractivity contribution in [2.45, 2.75) is 90.2 Å². The van der Waals surface area contributed by atoms with Crippen molar-refractivity contribution in [2.75, 3.05) is 40.4 Å². The number of unbranched alkanes of at least 4 members (excludes halogenated alkanes) is 3. The van der Waals surface area contributed by atoms with E-state index >= 15 is 0 Å². The van der Waals surface area contributed by atoms with Crippen molar-refractivity contribution in [3.63, 3.8) is 0 Å². The molecule has 0 heterocycles. The number of nitrogens with zero attached hydrogens (tertiary/aromatic N) is 2. The lowest BCUT2D eigenvalue weighted by molar-refractivity contribution is -0.152. The van der Waals surface area contributed by atoms with Gasteiger partial charge in [-0.25, -0.2) is 0 Å². The third kappa shape index (κ3) is 13.6. The number of aliphatic hydroxyl groups is 2. The molecular weight excluding hydrogens is 372 g/mol. The minimum Gasteiger partial charge on any atom is -0.462 e. The van der Waals surface area contributed by atoms with Crippen LogP contribution in [0, 0.1) is 0 Å². The van der Waals surface area contributed by atoms with E-state index in [1.165, 1.54) is 17.7 Å². The molecule has 2 N–H and O–H groups in total. The fourth-order valence-corrected chi connectivity index (χ4v) is 3.30. The second kappa shape index (κ2) is 17.7. The second-order valence-corrected chi connectivity index (χ2v) is 8.01. The van der Waals surface area contributed by atoms with E-state index in [9.17, 15) is 19.8 Å². The average molecular weight is 417 g/mol. The molecule has 1 unspecified atom stereocenters. The largest absolute Gasteiger partial charge is 0.462 e. The molecular formula is C22H44N2O5. The minimum atomic E-state index is -0.632. The summed E-state index contributed by atoms with van der Waals surface area (Å²) in [4.78, 5) is 28.4. The average Bonchev–Trinajstić information content (AvgIpc) is 2.68. The third-order valence-electron chi connectivity index (χ3n) is 5.02. The lowest BCUT2D eigenvalue weighted by Gasteiger charge is -2.30. The zero-order chi connectivity index (χ0) is 22.1. The zero-order valence-electron chi connectivity index (χ0n) is 19.1. The number of hydrogen-bond acceptors (Lipinski definition) is 6. The van der Waals surface area contributed by atoms with Crippen LogP contribution in [-0.2, 0) is 14.3 Å². The molecule has 0 aliphatic rings. The smallest absolute Gasteiger partial charge is 0.306 e. The van der Waals surface area contributed by atoms with Gasteiger partial charge in [0, 0.05) is 13.0 Å². The van der Waals surface area contributed by atoms with Crippen LogP contribution in [0.5, 0.6) is 0 Å². The van der Waals surface area contributed by atoms with Crippen LogP contribution in [-0.4, -0.2) is 84.4 Å². The summed E-state index contributed by atoms with van der Waals surface area (Å²) in [5.74, 6) is -0.575. The summed E-state index contributed by atoms with van der Waals surface area (Å²) < 4.78 is 5.61. The maximum Gasteiger partial charge on any atom is 0.306 e. The van der Waals surface area contributed by atoms with Gasteiger partial charge in [-0.1, -0.05) is 39.5 Å². The van der Waals surface area contributed by atoms with Gasteiger partial charge in [0.25, 0.3) is 0 Å². The van der Waals surface area contributed by atoms with Crippen molar-refractivity contribution < 1.29 is 24.5 Å². The summed E-state index contributed by atoms with van der Waals surface area (Å²) in [6, 6.07) is -0.632. The van der Waals surface area contributed by atoms with Crippen molar-refractivity contribution in [3.8, 4) is 0 Å². The third-order valence-corrected chi connectivity index (χ3v) is 5.02. The van der Waals surface area contributed by atoms with Crippen LogP contribution in [0.15, 0.2) is 0 Å². The van der Waals surface area contributed by atoms with Crippen molar-refractivity contribution in [3.05, 3.63) is 0 Å². The number of carbonyl (C=O) groups excluding carboxylic acids is 2. The molecule has 7 heteroatoms. The van der Waals surface area contributed by atoms with Gasteiger partial charge in [0.15, 0.2) is 0 Å². The molecule has 7 nitrogen and oxygen atoms in total. The van der Waals surface area contributed by atoms with E-state index in [0.29, 0.717) is 6.54 Å². The van der Waals surface area contributed by atoms with Gasteiger partial charge in [-0.2, -0.15) is 0 Å². The van der Waals surface area contributed by atoms with E-state index in [1.807, 2.05) is 19.0 Å². The number of aliphatic hydroxyl groups excluding tert-OH is 2. The van der Waals surface area contributed by atoms with Gasteiger partial charge in [0.1, 0.15) is 6.10 Å². The lowest BCUT2D eigenvalue weighted by atomic mass is 10.1. The molecule has 0 aromatic rings. The van der Waals surface area contributed by atoms with Crippen molar-refractivity contribution >= 4 is 11.9 Å². The quantitative estimate of drug-likeness (QED) is 0.264. The van der Waals surface area contributed by atoms with E-state index in [1.54, 1.807) is 0 Å². The Balaban J connectivity index is 4.57. The van der Waals surface area contributed by atoms with Crippen LogP contribution in [0.1, 0.15) is 78.1 Å². The number of carbonyl (C=O) groups is 2. The van der Waals surface area contributed by atoms with Gasteiger partial charge in [-0.3, -0.25) is 9.59 Å². The molecule has 0 rings (SSSR count). The molecule has 29 heavy (non-hydrogen) atoms. The first-order valence-corrected chi connectivity index (χ1v) is 11.2. The Hall–Kier alpha value is -1.18. The molecule has 0 saturated heterocycles. The summed E-state index contributed by atoms with van der Waals surface area (Å²) in [5.41, 5.74) is 0. The number of ether oxygens (including phenoxy) is 1. The monoisotopic (exact) mass is 416 g/mol. The van der Waals surface area contributed by atoms with E-state index in [-0.39, 0.29) is 44.0 Å². The predicted octanol–water partition coefficient (Wildman–Crippen LogP) is 2.58. The van der Waals surface area contributed by atoms with Gasteiger partial charge in [0.05, 0.1) is 25.7 Å². The SMILES string of the molecule is CCCCCCC(CCC)OC(=O)CCC(=O)N(CCCN(C)C)C(CO)CO. The first-order valence-electron chi connectivity index (χ1n) is 11.2. The normalized spacial score (nSPS) is 12.4. The highest BCUT2D eigenvalue weighted by atomic mass is 16.5. The fourth-order valence-electron chi connectivity index (χ4n) is 3.30. The molecule has 0 spiro atoms. The van der Waals surface area contributed by atoms with Crippen LogP contribution in [0.25, 0.3) is 0 Å². The first-order chi connectivity index (χ1) is 13.9. The minimum absolute atomic E-state index is 0.0295. The van der Waals surface area contributed by atoms with Crippen LogP contribution in [0.4, 0.5) is 0 Å². The van der Waals surface area contributed by atoms with Crippen LogP contribution < -0.4 is 0 Å². The van der Waals surface area contributed by atoms with Gasteiger partial charge in [-0.15, -0.1) is 0 Å². The predicted molar refractivity (Wildman–Crippen MR) is 116 cm³/mol. The Morgan fingerprint density at radius 2 is 1.55 bits per heavy atom. The highest BCUT2D eigenvalue weighted by Crippen LogP contribution is 2.15. The Morgan fingerprint density at radius 1 is 0.862 bits per heavy atom. The zero-order valence-corrected chi connectivity index (χ0v) is 19.1. The molecule has 0 aromatic carbocycles. The topological polar surface area (TPSA) is 90.3 Å². The lowest BCUT2D eigenvalue weighted by Crippen LogP contribution is -2.45. The Bertz CT molecular complexity index is 427. The highest BCUT2D eigenvalue weighted by Gasteiger charge is 2.23. The molecule has 0 aromatic heterocycles. The van der Waals surface area contributed by atoms with Crippen LogP contribution >= 0.6 is 0 Å². The second-order valence-electron chi connectivity index (χ2n) is 8.01. The van der Waals surface area contributed by atoms with E-state index in [0.717, 1.165) is 45.1 Å². The number of esters is 1. The van der Waals surface area contributed by atoms with Crippen molar-refractivity contribution in [1.82, 2.24) is 9.80 Å². The fraction of sp³-hybridized carbons (Fsp3) is 0.909. The number of rotatable bonds is 18. The molecule has 0 fully saturated rings. The van der Waals surface area contributed by atoms with Crippen LogP contribution in [0.2, 0.25) is 0 Å². The van der Waals surface area contributed by atoms with Gasteiger partial charge < -0.3 is 24.7 Å². The Kier molecular flexibility index (Phi) is 16.9. The van der Waals surface area contributed by atoms with E-state index in [4.69, 9.17) is 4.74 Å².